The average Bonchev–Trinajstić information content (AvgIpc) is 3.23. The minimum atomic E-state index is -0.685. The lowest BCUT2D eigenvalue weighted by molar-refractivity contribution is 0.0470. The molecule has 1 aliphatic heterocycles. The molecular formula is C18H12ClNO5. The highest BCUT2D eigenvalue weighted by Crippen LogP contribution is 2.32. The number of Topliss-reactive ketones (excluding diaryl/α,β-unsaturated/α-hetero) is 1. The molecule has 0 saturated carbocycles. The van der Waals surface area contributed by atoms with Crippen molar-refractivity contribution in [3.8, 4) is 11.5 Å². The molecule has 0 atom stereocenters. The first kappa shape index (κ1) is 15.5. The Labute approximate surface area is 147 Å². The Kier molecular flexibility index (Phi) is 3.82. The number of fused-ring (bicyclic) bond motifs is 2. The van der Waals surface area contributed by atoms with E-state index in [9.17, 15) is 9.59 Å². The zero-order valence-corrected chi connectivity index (χ0v) is 13.6. The van der Waals surface area contributed by atoms with E-state index in [4.69, 9.17) is 25.8 Å². The maximum absolute atomic E-state index is 12.2. The average molecular weight is 358 g/mol. The Morgan fingerprint density at radius 2 is 1.92 bits per heavy atom. The molecule has 4 rings (SSSR count). The van der Waals surface area contributed by atoms with Gasteiger partial charge in [0.1, 0.15) is 5.69 Å². The van der Waals surface area contributed by atoms with Crippen molar-refractivity contribution >= 4 is 34.3 Å². The second-order valence-corrected chi connectivity index (χ2v) is 5.80. The number of nitrogens with one attached hydrogen (secondary N) is 1. The van der Waals surface area contributed by atoms with Crippen molar-refractivity contribution in [3.63, 3.8) is 0 Å². The number of hydrogen-bond acceptors (Lipinski definition) is 5. The van der Waals surface area contributed by atoms with Gasteiger partial charge in [-0.15, -0.1) is 0 Å². The fourth-order valence-corrected chi connectivity index (χ4v) is 2.89. The third-order valence-electron chi connectivity index (χ3n) is 3.88. The molecule has 0 unspecified atom stereocenters. The molecule has 0 fully saturated rings. The summed E-state index contributed by atoms with van der Waals surface area (Å²) in [4.78, 5) is 27.4. The number of rotatable bonds is 4. The van der Waals surface area contributed by atoms with E-state index in [2.05, 4.69) is 4.98 Å². The Hall–Kier alpha value is -2.99. The lowest BCUT2D eigenvalue weighted by Gasteiger charge is -2.04. The Bertz CT molecular complexity index is 994. The van der Waals surface area contributed by atoms with Crippen molar-refractivity contribution in [2.75, 3.05) is 13.4 Å². The molecule has 126 valence electrons. The van der Waals surface area contributed by atoms with Crippen LogP contribution in [-0.4, -0.2) is 30.1 Å². The first-order chi connectivity index (χ1) is 12.1. The number of H-pyrrole nitrogens is 1. The highest BCUT2D eigenvalue weighted by Gasteiger charge is 2.20. The summed E-state index contributed by atoms with van der Waals surface area (Å²) in [6.45, 7) is -0.273. The predicted molar refractivity (Wildman–Crippen MR) is 90.5 cm³/mol. The van der Waals surface area contributed by atoms with Crippen LogP contribution in [0.25, 0.3) is 10.9 Å². The standard InChI is InChI=1S/C18H12ClNO5/c19-16-11-3-1-2-4-12(11)20-17(16)18(22)23-8-13(21)10-5-6-14-15(7-10)25-9-24-14/h1-7,20H,8-9H2. The van der Waals surface area contributed by atoms with Gasteiger partial charge in [-0.3, -0.25) is 4.79 Å². The van der Waals surface area contributed by atoms with E-state index < -0.39 is 12.6 Å². The first-order valence-electron chi connectivity index (χ1n) is 7.49. The van der Waals surface area contributed by atoms with E-state index in [0.717, 1.165) is 10.9 Å². The molecule has 0 radical (unpaired) electrons. The summed E-state index contributed by atoms with van der Waals surface area (Å²) >= 11 is 6.20. The van der Waals surface area contributed by atoms with Gasteiger partial charge >= 0.3 is 5.97 Å². The summed E-state index contributed by atoms with van der Waals surface area (Å²) < 4.78 is 15.5. The maximum Gasteiger partial charge on any atom is 0.356 e. The lowest BCUT2D eigenvalue weighted by atomic mass is 10.1. The van der Waals surface area contributed by atoms with Crippen LogP contribution in [0, 0.1) is 0 Å². The smallest absolute Gasteiger partial charge is 0.356 e. The van der Waals surface area contributed by atoms with Gasteiger partial charge in [-0.1, -0.05) is 29.8 Å². The minimum absolute atomic E-state index is 0.126. The van der Waals surface area contributed by atoms with E-state index in [1.807, 2.05) is 12.1 Å². The number of halogens is 1. The number of aromatic nitrogens is 1. The van der Waals surface area contributed by atoms with Crippen molar-refractivity contribution in [1.29, 1.82) is 0 Å². The Balaban J connectivity index is 1.47. The summed E-state index contributed by atoms with van der Waals surface area (Å²) in [5.41, 5.74) is 1.22. The minimum Gasteiger partial charge on any atom is -0.454 e. The van der Waals surface area contributed by atoms with Crippen molar-refractivity contribution in [2.24, 2.45) is 0 Å². The number of hydrogen-bond donors (Lipinski definition) is 1. The van der Waals surface area contributed by atoms with E-state index in [-0.39, 0.29) is 23.3 Å². The molecule has 0 spiro atoms. The molecule has 1 aliphatic rings. The molecule has 0 amide bonds. The van der Waals surface area contributed by atoms with Crippen LogP contribution < -0.4 is 9.47 Å². The van der Waals surface area contributed by atoms with Crippen molar-refractivity contribution in [1.82, 2.24) is 4.98 Å². The topological polar surface area (TPSA) is 77.6 Å². The van der Waals surface area contributed by atoms with Crippen LogP contribution in [0.5, 0.6) is 11.5 Å². The summed E-state index contributed by atoms with van der Waals surface area (Å²) in [6.07, 6.45) is 0. The molecule has 3 aromatic rings. The molecule has 0 bridgehead atoms. The fourth-order valence-electron chi connectivity index (χ4n) is 2.60. The second kappa shape index (κ2) is 6.14. The molecule has 0 aliphatic carbocycles. The van der Waals surface area contributed by atoms with Gasteiger partial charge in [0, 0.05) is 16.5 Å². The number of para-hydroxylation sites is 1. The molecule has 1 aromatic heterocycles. The van der Waals surface area contributed by atoms with Crippen LogP contribution in [0.4, 0.5) is 0 Å². The van der Waals surface area contributed by atoms with Crippen LogP contribution >= 0.6 is 11.6 Å². The number of esters is 1. The first-order valence-corrected chi connectivity index (χ1v) is 7.87. The van der Waals surface area contributed by atoms with Crippen LogP contribution in [-0.2, 0) is 4.74 Å². The van der Waals surface area contributed by atoms with Gasteiger partial charge < -0.3 is 19.2 Å². The molecule has 2 heterocycles. The van der Waals surface area contributed by atoms with Crippen LogP contribution in [0.3, 0.4) is 0 Å². The molecule has 25 heavy (non-hydrogen) atoms. The van der Waals surface area contributed by atoms with Crippen LogP contribution in [0.15, 0.2) is 42.5 Å². The van der Waals surface area contributed by atoms with Crippen molar-refractivity contribution in [3.05, 3.63) is 58.7 Å². The molecule has 2 aromatic carbocycles. The lowest BCUT2D eigenvalue weighted by Crippen LogP contribution is -2.14. The van der Waals surface area contributed by atoms with E-state index in [1.54, 1.807) is 30.3 Å². The summed E-state index contributed by atoms with van der Waals surface area (Å²) in [5.74, 6) is 0.0448. The van der Waals surface area contributed by atoms with Crippen LogP contribution in [0.1, 0.15) is 20.8 Å². The number of carbonyl (C=O) groups is 2. The second-order valence-electron chi connectivity index (χ2n) is 5.43. The van der Waals surface area contributed by atoms with E-state index in [1.165, 1.54) is 0 Å². The number of benzene rings is 2. The third-order valence-corrected chi connectivity index (χ3v) is 4.27. The van der Waals surface area contributed by atoms with E-state index >= 15 is 0 Å². The third kappa shape index (κ3) is 2.81. The number of aromatic amines is 1. The monoisotopic (exact) mass is 357 g/mol. The molecular weight excluding hydrogens is 346 g/mol. The van der Waals surface area contributed by atoms with Crippen molar-refractivity contribution in [2.45, 2.75) is 0 Å². The molecule has 0 saturated heterocycles. The Morgan fingerprint density at radius 1 is 1.12 bits per heavy atom. The summed E-state index contributed by atoms with van der Waals surface area (Å²) in [7, 11) is 0. The normalized spacial score (nSPS) is 12.4. The SMILES string of the molecule is O=C(COC(=O)c1[nH]c2ccccc2c1Cl)c1ccc2c(c1)OCO2. The summed E-state index contributed by atoms with van der Waals surface area (Å²) in [6, 6.07) is 12.0. The fraction of sp³-hybridized carbons (Fsp3) is 0.111. The van der Waals surface area contributed by atoms with E-state index in [0.29, 0.717) is 17.1 Å². The van der Waals surface area contributed by atoms with Gasteiger partial charge in [-0.25, -0.2) is 4.79 Å². The Morgan fingerprint density at radius 3 is 2.76 bits per heavy atom. The zero-order chi connectivity index (χ0) is 17.4. The predicted octanol–water partition coefficient (Wildman–Crippen LogP) is 3.59. The van der Waals surface area contributed by atoms with Gasteiger partial charge in [0.15, 0.2) is 23.9 Å². The zero-order valence-electron chi connectivity index (χ0n) is 12.9. The quantitative estimate of drug-likeness (QED) is 0.570. The number of carbonyl (C=O) groups excluding carboxylic acids is 2. The van der Waals surface area contributed by atoms with Gasteiger partial charge in [-0.05, 0) is 24.3 Å². The maximum atomic E-state index is 12.2. The van der Waals surface area contributed by atoms with Gasteiger partial charge in [0.25, 0.3) is 0 Å². The largest absolute Gasteiger partial charge is 0.454 e. The van der Waals surface area contributed by atoms with Gasteiger partial charge in [-0.2, -0.15) is 0 Å². The highest BCUT2D eigenvalue weighted by molar-refractivity contribution is 6.38. The van der Waals surface area contributed by atoms with Crippen LogP contribution in [0.2, 0.25) is 5.02 Å². The highest BCUT2D eigenvalue weighted by atomic mass is 35.5. The number of ether oxygens (including phenoxy) is 3. The molecule has 1 N–H and O–H groups in total. The van der Waals surface area contributed by atoms with Crippen molar-refractivity contribution < 1.29 is 23.8 Å². The van der Waals surface area contributed by atoms with Gasteiger partial charge in [0.05, 0.1) is 5.02 Å². The number of ketones is 1. The molecule has 7 heteroatoms. The molecule has 6 nitrogen and oxygen atoms in total. The summed E-state index contributed by atoms with van der Waals surface area (Å²) in [5, 5.41) is 0.995. The van der Waals surface area contributed by atoms with Gasteiger partial charge in [0.2, 0.25) is 6.79 Å².